The highest BCUT2D eigenvalue weighted by Crippen LogP contribution is 2.48. The number of hydrogen-bond donors (Lipinski definition) is 1. The minimum Gasteiger partial charge on any atom is -0.481 e. The maximum atomic E-state index is 13.4. The molecule has 3 heteroatoms. The molecule has 2 rings (SSSR count). The number of carbonyl (C=O) groups is 2. The Morgan fingerprint density at radius 3 is 2.05 bits per heavy atom. The lowest BCUT2D eigenvalue weighted by molar-refractivity contribution is -0.145. The van der Waals surface area contributed by atoms with Gasteiger partial charge >= 0.3 is 5.97 Å². The summed E-state index contributed by atoms with van der Waals surface area (Å²) in [6.45, 7) is 7.81. The van der Waals surface area contributed by atoms with Crippen molar-refractivity contribution >= 4 is 11.8 Å². The maximum absolute atomic E-state index is 13.4. The number of carbonyl (C=O) groups excluding carboxylic acids is 1. The van der Waals surface area contributed by atoms with Crippen molar-refractivity contribution in [2.24, 2.45) is 11.3 Å². The molecule has 0 radical (unpaired) electrons. The average molecular weight is 302 g/mol. The van der Waals surface area contributed by atoms with Crippen molar-refractivity contribution in [2.45, 2.75) is 59.8 Å². The van der Waals surface area contributed by atoms with E-state index in [1.165, 1.54) is 0 Å². The zero-order chi connectivity index (χ0) is 16.5. The largest absolute Gasteiger partial charge is 0.481 e. The van der Waals surface area contributed by atoms with Gasteiger partial charge in [0.1, 0.15) is 0 Å². The van der Waals surface area contributed by atoms with Crippen molar-refractivity contribution in [1.29, 1.82) is 0 Å². The SMILES string of the molecule is CCC(C(=O)O)C1(C(=O)c2c(C)cc(C)cc2C)CCCC1. The van der Waals surface area contributed by atoms with Crippen LogP contribution in [0.15, 0.2) is 12.1 Å². The summed E-state index contributed by atoms with van der Waals surface area (Å²) in [5.41, 5.74) is 3.10. The minimum atomic E-state index is -0.833. The van der Waals surface area contributed by atoms with Crippen LogP contribution in [0.2, 0.25) is 0 Å². The molecule has 1 aromatic carbocycles. The van der Waals surface area contributed by atoms with E-state index in [2.05, 4.69) is 0 Å². The van der Waals surface area contributed by atoms with Gasteiger partial charge in [-0.3, -0.25) is 9.59 Å². The van der Waals surface area contributed by atoms with E-state index in [0.717, 1.165) is 35.1 Å². The van der Waals surface area contributed by atoms with E-state index in [4.69, 9.17) is 0 Å². The minimum absolute atomic E-state index is 0.0502. The third-order valence-electron chi connectivity index (χ3n) is 5.23. The molecule has 1 aliphatic carbocycles. The molecule has 0 amide bonds. The van der Waals surface area contributed by atoms with E-state index in [1.807, 2.05) is 39.8 Å². The Balaban J connectivity index is 2.55. The van der Waals surface area contributed by atoms with Gasteiger partial charge in [-0.25, -0.2) is 0 Å². The number of ketones is 1. The lowest BCUT2D eigenvalue weighted by Gasteiger charge is -2.34. The van der Waals surface area contributed by atoms with Crippen molar-refractivity contribution in [3.05, 3.63) is 34.4 Å². The van der Waals surface area contributed by atoms with E-state index in [1.54, 1.807) is 0 Å². The molecule has 22 heavy (non-hydrogen) atoms. The van der Waals surface area contributed by atoms with Crippen LogP contribution >= 0.6 is 0 Å². The van der Waals surface area contributed by atoms with Gasteiger partial charge in [0, 0.05) is 11.0 Å². The lowest BCUT2D eigenvalue weighted by Crippen LogP contribution is -2.41. The predicted molar refractivity (Wildman–Crippen MR) is 87.3 cm³/mol. The number of carboxylic acid groups (broad SMARTS) is 1. The van der Waals surface area contributed by atoms with E-state index in [-0.39, 0.29) is 5.78 Å². The second kappa shape index (κ2) is 6.23. The molecule has 1 aliphatic rings. The first-order valence-electron chi connectivity index (χ1n) is 8.19. The molecule has 0 aliphatic heterocycles. The first kappa shape index (κ1) is 16.7. The van der Waals surface area contributed by atoms with Gasteiger partial charge in [0.25, 0.3) is 0 Å². The van der Waals surface area contributed by atoms with Crippen molar-refractivity contribution < 1.29 is 14.7 Å². The summed E-state index contributed by atoms with van der Waals surface area (Å²) < 4.78 is 0. The fraction of sp³-hybridized carbons (Fsp3) is 0.579. The maximum Gasteiger partial charge on any atom is 0.307 e. The summed E-state index contributed by atoms with van der Waals surface area (Å²) >= 11 is 0. The van der Waals surface area contributed by atoms with Gasteiger partial charge in [-0.05, 0) is 51.2 Å². The van der Waals surface area contributed by atoms with Crippen LogP contribution in [0.4, 0.5) is 0 Å². The monoisotopic (exact) mass is 302 g/mol. The van der Waals surface area contributed by atoms with Crippen LogP contribution in [-0.4, -0.2) is 16.9 Å². The number of hydrogen-bond acceptors (Lipinski definition) is 2. The van der Waals surface area contributed by atoms with Crippen molar-refractivity contribution in [3.8, 4) is 0 Å². The molecule has 0 heterocycles. The summed E-state index contributed by atoms with van der Waals surface area (Å²) in [7, 11) is 0. The highest BCUT2D eigenvalue weighted by atomic mass is 16.4. The molecule has 1 aromatic rings. The van der Waals surface area contributed by atoms with Crippen molar-refractivity contribution in [1.82, 2.24) is 0 Å². The zero-order valence-electron chi connectivity index (χ0n) is 14.0. The summed E-state index contributed by atoms with van der Waals surface area (Å²) in [5.74, 6) is -1.36. The van der Waals surface area contributed by atoms with Gasteiger partial charge in [-0.1, -0.05) is 37.5 Å². The normalized spacial score (nSPS) is 18.2. The van der Waals surface area contributed by atoms with Gasteiger partial charge in [0.2, 0.25) is 0 Å². The van der Waals surface area contributed by atoms with Gasteiger partial charge in [-0.15, -0.1) is 0 Å². The summed E-state index contributed by atoms with van der Waals surface area (Å²) in [6, 6.07) is 4.04. The van der Waals surface area contributed by atoms with Gasteiger partial charge in [0.15, 0.2) is 5.78 Å². The number of aryl methyl sites for hydroxylation is 3. The second-order valence-electron chi connectivity index (χ2n) is 6.77. The number of rotatable bonds is 5. The van der Waals surface area contributed by atoms with Crippen LogP contribution in [0.5, 0.6) is 0 Å². The van der Waals surface area contributed by atoms with E-state index in [9.17, 15) is 14.7 Å². The molecule has 1 unspecified atom stereocenters. The highest BCUT2D eigenvalue weighted by Gasteiger charge is 2.50. The Labute approximate surface area is 132 Å². The molecular formula is C19H26O3. The smallest absolute Gasteiger partial charge is 0.307 e. The summed E-state index contributed by atoms with van der Waals surface area (Å²) in [4.78, 5) is 25.1. The van der Waals surface area contributed by atoms with Gasteiger partial charge < -0.3 is 5.11 Å². The van der Waals surface area contributed by atoms with Crippen LogP contribution in [0, 0.1) is 32.1 Å². The van der Waals surface area contributed by atoms with Crippen molar-refractivity contribution in [3.63, 3.8) is 0 Å². The number of Topliss-reactive ketones (excluding diaryl/α,β-unsaturated/α-hetero) is 1. The van der Waals surface area contributed by atoms with Gasteiger partial charge in [0.05, 0.1) is 5.92 Å². The molecule has 120 valence electrons. The van der Waals surface area contributed by atoms with E-state index < -0.39 is 17.3 Å². The Bertz CT molecular complexity index is 572. The molecule has 1 saturated carbocycles. The molecule has 1 N–H and O–H groups in total. The van der Waals surface area contributed by atoms with E-state index in [0.29, 0.717) is 19.3 Å². The standard InChI is InChI=1S/C19H26O3/c1-5-15(18(21)22)19(8-6-7-9-19)17(20)16-13(3)10-12(2)11-14(16)4/h10-11,15H,5-9H2,1-4H3,(H,21,22). The third-order valence-corrected chi connectivity index (χ3v) is 5.23. The van der Waals surface area contributed by atoms with Crippen LogP contribution in [-0.2, 0) is 4.79 Å². The first-order chi connectivity index (χ1) is 10.3. The van der Waals surface area contributed by atoms with Crippen LogP contribution in [0.25, 0.3) is 0 Å². The molecule has 3 nitrogen and oxygen atoms in total. The quantitative estimate of drug-likeness (QED) is 0.817. The Morgan fingerprint density at radius 1 is 1.14 bits per heavy atom. The molecule has 0 bridgehead atoms. The van der Waals surface area contributed by atoms with Crippen molar-refractivity contribution in [2.75, 3.05) is 0 Å². The Kier molecular flexibility index (Phi) is 4.74. The first-order valence-corrected chi connectivity index (χ1v) is 8.19. The fourth-order valence-corrected chi connectivity index (χ4v) is 4.33. The molecular weight excluding hydrogens is 276 g/mol. The van der Waals surface area contributed by atoms with Crippen LogP contribution in [0.1, 0.15) is 66.1 Å². The summed E-state index contributed by atoms with van der Waals surface area (Å²) in [6.07, 6.45) is 3.79. The Morgan fingerprint density at radius 2 is 1.64 bits per heavy atom. The predicted octanol–water partition coefficient (Wildman–Crippen LogP) is 4.47. The second-order valence-corrected chi connectivity index (χ2v) is 6.77. The van der Waals surface area contributed by atoms with Gasteiger partial charge in [-0.2, -0.15) is 0 Å². The number of benzene rings is 1. The molecule has 1 atom stereocenters. The molecule has 1 fully saturated rings. The molecule has 0 spiro atoms. The van der Waals surface area contributed by atoms with Crippen LogP contribution in [0.3, 0.4) is 0 Å². The van der Waals surface area contributed by atoms with Crippen LogP contribution < -0.4 is 0 Å². The highest BCUT2D eigenvalue weighted by molar-refractivity contribution is 6.05. The number of carboxylic acids is 1. The third kappa shape index (κ3) is 2.69. The Hall–Kier alpha value is -1.64. The summed E-state index contributed by atoms with van der Waals surface area (Å²) in [5, 5.41) is 9.63. The zero-order valence-corrected chi connectivity index (χ0v) is 14.0. The molecule has 0 aromatic heterocycles. The van der Waals surface area contributed by atoms with E-state index >= 15 is 0 Å². The molecule has 0 saturated heterocycles. The topological polar surface area (TPSA) is 54.4 Å². The fourth-order valence-electron chi connectivity index (χ4n) is 4.33. The average Bonchev–Trinajstić information content (AvgIpc) is 2.88. The lowest BCUT2D eigenvalue weighted by atomic mass is 9.67. The number of aliphatic carboxylic acids is 1.